The number of piperidine rings is 1. The molecule has 5 rings (SSSR count). The summed E-state index contributed by atoms with van der Waals surface area (Å²) < 4.78 is 10.9. The molecule has 0 radical (unpaired) electrons. The highest BCUT2D eigenvalue weighted by Crippen LogP contribution is 2.39. The topological polar surface area (TPSA) is 50.7 Å². The van der Waals surface area contributed by atoms with E-state index in [0.717, 1.165) is 60.9 Å². The van der Waals surface area contributed by atoms with Crippen LogP contribution in [0.15, 0.2) is 36.0 Å². The van der Waals surface area contributed by atoms with Crippen LogP contribution in [-0.4, -0.2) is 67.9 Å². The summed E-state index contributed by atoms with van der Waals surface area (Å²) in [6, 6.07) is 8.75. The number of anilines is 1. The third-order valence-electron chi connectivity index (χ3n) is 6.73. The lowest BCUT2D eigenvalue weighted by molar-refractivity contribution is 0.152. The number of fused-ring (bicyclic) bond motifs is 1. The van der Waals surface area contributed by atoms with Crippen LogP contribution >= 0.6 is 11.3 Å². The minimum absolute atomic E-state index is 0.498. The molecule has 1 atom stereocenters. The number of methoxy groups -OCH3 is 1. The maximum absolute atomic E-state index is 5.55. The maximum Gasteiger partial charge on any atom is 0.141 e. The molecule has 2 saturated heterocycles. The number of benzene rings is 1. The van der Waals surface area contributed by atoms with Crippen LogP contribution in [0, 0.1) is 5.92 Å². The molecular formula is C24H30N4O2S. The summed E-state index contributed by atoms with van der Waals surface area (Å²) in [6.45, 7) is 5.35. The number of aromatic nitrogens is 2. The number of hydrogen-bond donors (Lipinski definition) is 0. The first-order valence-corrected chi connectivity index (χ1v) is 12.0. The highest BCUT2D eigenvalue weighted by Gasteiger charge is 2.27. The largest absolute Gasteiger partial charge is 0.497 e. The Kier molecular flexibility index (Phi) is 6.07. The van der Waals surface area contributed by atoms with Gasteiger partial charge in [-0.05, 0) is 42.9 Å². The molecule has 2 fully saturated rings. The van der Waals surface area contributed by atoms with Crippen LogP contribution in [0.1, 0.15) is 19.3 Å². The number of likely N-dealkylation sites (tertiary alicyclic amines) is 1. The Morgan fingerprint density at radius 2 is 1.97 bits per heavy atom. The third kappa shape index (κ3) is 4.27. The number of hydrogen-bond acceptors (Lipinski definition) is 7. The molecule has 1 aromatic carbocycles. The van der Waals surface area contributed by atoms with E-state index in [4.69, 9.17) is 14.5 Å². The molecular weight excluding hydrogens is 408 g/mol. The number of ether oxygens (including phenoxy) is 2. The Morgan fingerprint density at radius 1 is 1.16 bits per heavy atom. The average Bonchev–Trinajstić information content (AvgIpc) is 3.49. The molecule has 0 spiro atoms. The highest BCUT2D eigenvalue weighted by molar-refractivity contribution is 7.17. The van der Waals surface area contributed by atoms with E-state index in [9.17, 15) is 0 Å². The Labute approximate surface area is 187 Å². The van der Waals surface area contributed by atoms with Gasteiger partial charge in [0.1, 0.15) is 22.7 Å². The fourth-order valence-corrected chi connectivity index (χ4v) is 5.77. The number of thiophene rings is 1. The summed E-state index contributed by atoms with van der Waals surface area (Å²) >= 11 is 1.69. The van der Waals surface area contributed by atoms with Gasteiger partial charge < -0.3 is 19.3 Å². The molecule has 0 bridgehead atoms. The van der Waals surface area contributed by atoms with Crippen molar-refractivity contribution >= 4 is 27.4 Å². The van der Waals surface area contributed by atoms with E-state index in [1.807, 2.05) is 12.1 Å². The Balaban J connectivity index is 1.35. The van der Waals surface area contributed by atoms with Gasteiger partial charge in [-0.2, -0.15) is 0 Å². The predicted molar refractivity (Wildman–Crippen MR) is 126 cm³/mol. The van der Waals surface area contributed by atoms with Gasteiger partial charge in [0.15, 0.2) is 0 Å². The first kappa shape index (κ1) is 20.7. The van der Waals surface area contributed by atoms with E-state index in [1.165, 1.54) is 24.1 Å². The monoisotopic (exact) mass is 438 g/mol. The lowest BCUT2D eigenvalue weighted by Gasteiger charge is -2.38. The number of nitrogens with zero attached hydrogens (tertiary/aromatic N) is 4. The van der Waals surface area contributed by atoms with Crippen molar-refractivity contribution < 1.29 is 9.47 Å². The summed E-state index contributed by atoms with van der Waals surface area (Å²) in [5, 5.41) is 3.36. The molecule has 164 valence electrons. The van der Waals surface area contributed by atoms with Crippen LogP contribution in [-0.2, 0) is 4.74 Å². The Bertz CT molecular complexity index is 1010. The molecule has 0 amide bonds. The molecule has 6 nitrogen and oxygen atoms in total. The van der Waals surface area contributed by atoms with E-state index < -0.39 is 0 Å². The van der Waals surface area contributed by atoms with Crippen molar-refractivity contribution in [2.45, 2.75) is 25.3 Å². The second-order valence-electron chi connectivity index (χ2n) is 8.63. The molecule has 2 aliphatic rings. The molecule has 7 heteroatoms. The van der Waals surface area contributed by atoms with Crippen molar-refractivity contribution in [2.24, 2.45) is 5.92 Å². The number of rotatable bonds is 6. The van der Waals surface area contributed by atoms with E-state index in [-0.39, 0.29) is 0 Å². The maximum atomic E-state index is 5.55. The van der Waals surface area contributed by atoms with Gasteiger partial charge in [-0.25, -0.2) is 9.97 Å². The van der Waals surface area contributed by atoms with Gasteiger partial charge in [-0.1, -0.05) is 12.1 Å². The fourth-order valence-electron chi connectivity index (χ4n) is 4.86. The van der Waals surface area contributed by atoms with Gasteiger partial charge in [0.25, 0.3) is 0 Å². The van der Waals surface area contributed by atoms with Crippen molar-refractivity contribution in [3.63, 3.8) is 0 Å². The average molecular weight is 439 g/mol. The molecule has 0 N–H and O–H groups in total. The normalized spacial score (nSPS) is 20.4. The van der Waals surface area contributed by atoms with Crippen LogP contribution in [0.3, 0.4) is 0 Å². The first-order valence-electron chi connectivity index (χ1n) is 11.1. The van der Waals surface area contributed by atoms with E-state index >= 15 is 0 Å². The molecule has 3 aromatic rings. The quantitative estimate of drug-likeness (QED) is 0.572. The zero-order valence-electron chi connectivity index (χ0n) is 18.3. The van der Waals surface area contributed by atoms with Gasteiger partial charge in [-0.3, -0.25) is 0 Å². The highest BCUT2D eigenvalue weighted by atomic mass is 32.1. The third-order valence-corrected chi connectivity index (χ3v) is 7.62. The summed E-state index contributed by atoms with van der Waals surface area (Å²) in [7, 11) is 3.89. The van der Waals surface area contributed by atoms with E-state index in [2.05, 4.69) is 39.3 Å². The van der Waals surface area contributed by atoms with E-state index in [0.29, 0.717) is 12.0 Å². The first-order chi connectivity index (χ1) is 15.2. The van der Waals surface area contributed by atoms with Crippen molar-refractivity contribution in [3.05, 3.63) is 36.0 Å². The summed E-state index contributed by atoms with van der Waals surface area (Å²) in [5.74, 6) is 2.63. The van der Waals surface area contributed by atoms with Crippen molar-refractivity contribution in [1.29, 1.82) is 0 Å². The molecule has 0 saturated carbocycles. The van der Waals surface area contributed by atoms with Gasteiger partial charge >= 0.3 is 0 Å². The predicted octanol–water partition coefficient (Wildman–Crippen LogP) is 4.30. The van der Waals surface area contributed by atoms with Gasteiger partial charge in [0.2, 0.25) is 0 Å². The SMILES string of the molecule is COc1ccc(-c2csc3ncnc(N(C)C4CCN(C[C@H]5CCOC5)CC4)c23)cc1. The second-order valence-corrected chi connectivity index (χ2v) is 9.49. The smallest absolute Gasteiger partial charge is 0.141 e. The summed E-state index contributed by atoms with van der Waals surface area (Å²) in [4.78, 5) is 15.3. The van der Waals surface area contributed by atoms with Crippen molar-refractivity contribution in [3.8, 4) is 16.9 Å². The standard InChI is InChI=1S/C24H30N4O2S/c1-27(19-7-10-28(11-8-19)13-17-9-12-30-14-17)23-22-21(15-31-24(22)26-16-25-23)18-3-5-20(29-2)6-4-18/h3-6,15-17,19H,7-14H2,1-2H3/t17-/m1/s1. The molecule has 2 aromatic heterocycles. The lowest BCUT2D eigenvalue weighted by Crippen LogP contribution is -2.45. The van der Waals surface area contributed by atoms with Gasteiger partial charge in [0.05, 0.1) is 19.1 Å². The van der Waals surface area contributed by atoms with Crippen LogP contribution < -0.4 is 9.64 Å². The second kappa shape index (κ2) is 9.10. The van der Waals surface area contributed by atoms with Crippen molar-refractivity contribution in [2.75, 3.05) is 51.9 Å². The fraction of sp³-hybridized carbons (Fsp3) is 0.500. The van der Waals surface area contributed by atoms with Crippen LogP contribution in [0.25, 0.3) is 21.3 Å². The minimum Gasteiger partial charge on any atom is -0.497 e. The zero-order valence-corrected chi connectivity index (χ0v) is 19.1. The Hall–Kier alpha value is -2.22. The van der Waals surface area contributed by atoms with E-state index in [1.54, 1.807) is 24.8 Å². The van der Waals surface area contributed by atoms with Crippen LogP contribution in [0.5, 0.6) is 5.75 Å². The molecule has 4 heterocycles. The minimum atomic E-state index is 0.498. The molecule has 0 unspecified atom stereocenters. The van der Waals surface area contributed by atoms with Crippen molar-refractivity contribution in [1.82, 2.24) is 14.9 Å². The molecule has 31 heavy (non-hydrogen) atoms. The molecule has 0 aliphatic carbocycles. The van der Waals surface area contributed by atoms with Crippen LogP contribution in [0.4, 0.5) is 5.82 Å². The van der Waals surface area contributed by atoms with Crippen LogP contribution in [0.2, 0.25) is 0 Å². The van der Waals surface area contributed by atoms with Gasteiger partial charge in [-0.15, -0.1) is 11.3 Å². The van der Waals surface area contributed by atoms with Gasteiger partial charge in [0, 0.05) is 50.3 Å². The summed E-state index contributed by atoms with van der Waals surface area (Å²) in [6.07, 6.45) is 5.25. The Morgan fingerprint density at radius 3 is 2.68 bits per heavy atom. The zero-order chi connectivity index (χ0) is 21.2. The lowest BCUT2D eigenvalue weighted by atomic mass is 10.0. The molecule has 2 aliphatic heterocycles. The summed E-state index contributed by atoms with van der Waals surface area (Å²) in [5.41, 5.74) is 2.37.